The van der Waals surface area contributed by atoms with E-state index in [9.17, 15) is 5.26 Å². The summed E-state index contributed by atoms with van der Waals surface area (Å²) < 4.78 is 8.87. The number of aryl methyl sites for hydroxylation is 2. The molecule has 5 aromatic rings. The Kier molecular flexibility index (Phi) is 4.67. The molecule has 0 amide bonds. The molecule has 6 rings (SSSR count). The number of hydrogen-bond donors (Lipinski definition) is 0. The molecular weight excluding hydrogens is 418 g/mol. The maximum absolute atomic E-state index is 10.1. The Morgan fingerprint density at radius 3 is 2.53 bits per heavy atom. The van der Waals surface area contributed by atoms with Gasteiger partial charge in [0.25, 0.3) is 0 Å². The molecule has 0 saturated heterocycles. The van der Waals surface area contributed by atoms with Crippen molar-refractivity contribution in [2.45, 2.75) is 19.8 Å². The number of rotatable bonds is 2. The minimum absolute atomic E-state index is 0.650. The van der Waals surface area contributed by atoms with Gasteiger partial charge in [0, 0.05) is 47.7 Å². The quantitative estimate of drug-likeness (QED) is 0.300. The first-order valence-corrected chi connectivity index (χ1v) is 11.8. The summed E-state index contributed by atoms with van der Waals surface area (Å²) >= 11 is 0. The van der Waals surface area contributed by atoms with Gasteiger partial charge in [-0.2, -0.15) is 5.26 Å². The van der Waals surface area contributed by atoms with Gasteiger partial charge in [0.2, 0.25) is 5.69 Å². The molecule has 4 nitrogen and oxygen atoms in total. The van der Waals surface area contributed by atoms with E-state index >= 15 is 0 Å². The molecule has 2 aromatic heterocycles. The van der Waals surface area contributed by atoms with Gasteiger partial charge in [0.05, 0.1) is 17.2 Å². The van der Waals surface area contributed by atoms with Crippen molar-refractivity contribution in [3.63, 3.8) is 0 Å². The fourth-order valence-electron chi connectivity index (χ4n) is 5.51. The van der Waals surface area contributed by atoms with Crippen molar-refractivity contribution in [3.8, 4) is 28.5 Å². The van der Waals surface area contributed by atoms with Crippen LogP contribution in [-0.4, -0.2) is 13.6 Å². The average Bonchev–Trinajstić information content (AvgIpc) is 3.22. The monoisotopic (exact) mass is 444 g/mol. The SMILES string of the molecule is Cc1ccc2c(oc3c(-c4cccc5c4CCCN5C)c(C#N)ccc32)c1-c1cccc[n+]1C. The zero-order valence-electron chi connectivity index (χ0n) is 19.7. The normalized spacial score (nSPS) is 13.3. The second-order valence-corrected chi connectivity index (χ2v) is 9.24. The first-order chi connectivity index (χ1) is 16.6. The lowest BCUT2D eigenvalue weighted by molar-refractivity contribution is -0.660. The van der Waals surface area contributed by atoms with Crippen LogP contribution in [0.2, 0.25) is 0 Å². The number of benzene rings is 3. The molecule has 0 fully saturated rings. The molecule has 4 heteroatoms. The lowest BCUT2D eigenvalue weighted by Crippen LogP contribution is -2.30. The molecule has 1 aliphatic heterocycles. The van der Waals surface area contributed by atoms with Gasteiger partial charge in [-0.1, -0.05) is 24.3 Å². The van der Waals surface area contributed by atoms with Crippen molar-refractivity contribution >= 4 is 27.6 Å². The van der Waals surface area contributed by atoms with Crippen molar-refractivity contribution in [1.29, 1.82) is 5.26 Å². The summed E-state index contributed by atoms with van der Waals surface area (Å²) in [6.07, 6.45) is 4.16. The van der Waals surface area contributed by atoms with Crippen molar-refractivity contribution in [2.75, 3.05) is 18.5 Å². The summed E-state index contributed by atoms with van der Waals surface area (Å²) in [7, 11) is 4.20. The summed E-state index contributed by atoms with van der Waals surface area (Å²) in [6.45, 7) is 3.17. The second-order valence-electron chi connectivity index (χ2n) is 9.24. The Morgan fingerprint density at radius 2 is 1.74 bits per heavy atom. The highest BCUT2D eigenvalue weighted by atomic mass is 16.3. The minimum Gasteiger partial charge on any atom is -0.454 e. The fraction of sp³-hybridized carbons (Fsp3) is 0.200. The third kappa shape index (κ3) is 2.94. The van der Waals surface area contributed by atoms with Gasteiger partial charge in [-0.15, -0.1) is 0 Å². The zero-order valence-corrected chi connectivity index (χ0v) is 19.7. The van der Waals surface area contributed by atoms with E-state index in [4.69, 9.17) is 4.42 Å². The van der Waals surface area contributed by atoms with Crippen LogP contribution in [0.3, 0.4) is 0 Å². The van der Waals surface area contributed by atoms with E-state index < -0.39 is 0 Å². The lowest BCUT2D eigenvalue weighted by atomic mass is 9.89. The molecule has 3 aromatic carbocycles. The van der Waals surface area contributed by atoms with Crippen LogP contribution < -0.4 is 9.47 Å². The summed E-state index contributed by atoms with van der Waals surface area (Å²) in [4.78, 5) is 2.31. The van der Waals surface area contributed by atoms with Crippen LogP contribution in [0.1, 0.15) is 23.1 Å². The number of pyridine rings is 1. The maximum Gasteiger partial charge on any atom is 0.216 e. The average molecular weight is 445 g/mol. The molecule has 0 unspecified atom stereocenters. The summed E-state index contributed by atoms with van der Waals surface area (Å²) in [6, 6.07) is 23.4. The Balaban J connectivity index is 1.73. The van der Waals surface area contributed by atoms with Crippen molar-refractivity contribution in [3.05, 3.63) is 83.6 Å². The molecular formula is C30H26N3O+. The predicted octanol–water partition coefficient (Wildman–Crippen LogP) is 6.31. The molecule has 0 radical (unpaired) electrons. The van der Waals surface area contributed by atoms with Gasteiger partial charge >= 0.3 is 0 Å². The molecule has 0 bridgehead atoms. The van der Waals surface area contributed by atoms with Crippen LogP contribution in [-0.2, 0) is 13.5 Å². The molecule has 0 spiro atoms. The summed E-state index contributed by atoms with van der Waals surface area (Å²) in [5, 5.41) is 12.2. The van der Waals surface area contributed by atoms with Crippen LogP contribution in [0.4, 0.5) is 5.69 Å². The molecule has 3 heterocycles. The lowest BCUT2D eigenvalue weighted by Gasteiger charge is -2.29. The minimum atomic E-state index is 0.650. The molecule has 34 heavy (non-hydrogen) atoms. The van der Waals surface area contributed by atoms with Crippen LogP contribution in [0.25, 0.3) is 44.3 Å². The van der Waals surface area contributed by atoms with Crippen LogP contribution in [0, 0.1) is 18.3 Å². The van der Waals surface area contributed by atoms with Gasteiger partial charge in [0.1, 0.15) is 18.2 Å². The number of furan rings is 1. The fourth-order valence-corrected chi connectivity index (χ4v) is 5.51. The Morgan fingerprint density at radius 1 is 0.941 bits per heavy atom. The first-order valence-electron chi connectivity index (χ1n) is 11.8. The number of anilines is 1. The van der Waals surface area contributed by atoms with Crippen molar-refractivity contribution < 1.29 is 8.98 Å². The molecule has 0 N–H and O–H groups in total. The smallest absolute Gasteiger partial charge is 0.216 e. The first kappa shape index (κ1) is 20.5. The topological polar surface area (TPSA) is 44.1 Å². The molecule has 1 aliphatic rings. The van der Waals surface area contributed by atoms with Crippen LogP contribution >= 0.6 is 0 Å². The predicted molar refractivity (Wildman–Crippen MR) is 137 cm³/mol. The highest BCUT2D eigenvalue weighted by Gasteiger charge is 2.25. The van der Waals surface area contributed by atoms with Crippen molar-refractivity contribution in [2.24, 2.45) is 7.05 Å². The van der Waals surface area contributed by atoms with E-state index in [0.717, 1.165) is 69.3 Å². The third-order valence-corrected chi connectivity index (χ3v) is 7.20. The van der Waals surface area contributed by atoms with E-state index in [2.05, 4.69) is 85.2 Å². The van der Waals surface area contributed by atoms with Gasteiger partial charge < -0.3 is 9.32 Å². The molecule has 0 atom stereocenters. The van der Waals surface area contributed by atoms with E-state index in [1.807, 2.05) is 18.2 Å². The van der Waals surface area contributed by atoms with Gasteiger partial charge in [-0.3, -0.25) is 0 Å². The van der Waals surface area contributed by atoms with E-state index in [0.29, 0.717) is 5.56 Å². The summed E-state index contributed by atoms with van der Waals surface area (Å²) in [5.74, 6) is 0. The van der Waals surface area contributed by atoms with Gasteiger partial charge in [-0.05, 0) is 60.7 Å². The number of fused-ring (bicyclic) bond motifs is 4. The van der Waals surface area contributed by atoms with Crippen LogP contribution in [0.5, 0.6) is 0 Å². The molecule has 0 saturated carbocycles. The number of nitriles is 1. The number of nitrogens with zero attached hydrogens (tertiary/aromatic N) is 3. The van der Waals surface area contributed by atoms with Crippen LogP contribution in [0.15, 0.2) is 71.3 Å². The van der Waals surface area contributed by atoms with Gasteiger partial charge in [-0.25, -0.2) is 4.57 Å². The zero-order chi connectivity index (χ0) is 23.4. The van der Waals surface area contributed by atoms with E-state index in [1.165, 1.54) is 11.3 Å². The Hall–Kier alpha value is -4.10. The third-order valence-electron chi connectivity index (χ3n) is 7.20. The van der Waals surface area contributed by atoms with Gasteiger partial charge in [0.15, 0.2) is 6.20 Å². The second kappa shape index (κ2) is 7.74. The van der Waals surface area contributed by atoms with Crippen molar-refractivity contribution in [1.82, 2.24) is 0 Å². The molecule has 0 aliphatic carbocycles. The largest absolute Gasteiger partial charge is 0.454 e. The van der Waals surface area contributed by atoms with E-state index in [-0.39, 0.29) is 0 Å². The van der Waals surface area contributed by atoms with E-state index in [1.54, 1.807) is 0 Å². The summed E-state index contributed by atoms with van der Waals surface area (Å²) in [5.41, 5.74) is 10.2. The highest BCUT2D eigenvalue weighted by molar-refractivity contribution is 6.14. The standard InChI is InChI=1S/C30H26N3O/c1-19-12-14-23-24-15-13-20(18-31)28(22-8-6-11-25-21(22)9-7-17-32(25)2)30(24)34-29(23)27(19)26-10-4-5-16-33(26)3/h4-6,8,10-16H,7,9,17H2,1-3H3/q+1. The number of hydrogen-bond acceptors (Lipinski definition) is 3. The molecule has 166 valence electrons. The maximum atomic E-state index is 10.1. The number of aromatic nitrogens is 1. The Bertz CT molecular complexity index is 1640. The highest BCUT2D eigenvalue weighted by Crippen LogP contribution is 2.44. The Labute approximate surface area is 199 Å².